The van der Waals surface area contributed by atoms with E-state index in [1.807, 2.05) is 36.4 Å². The number of carbonyl (C=O) groups is 1. The van der Waals surface area contributed by atoms with Gasteiger partial charge in [0.2, 0.25) is 0 Å². The first-order valence-electron chi connectivity index (χ1n) is 8.95. The van der Waals surface area contributed by atoms with Gasteiger partial charge in [-0.2, -0.15) is 0 Å². The third kappa shape index (κ3) is 4.08. The fraction of sp³-hybridized carbons (Fsp3) is 0.300. The number of carbonyl (C=O) groups excluding carboxylic acids is 1. The topological polar surface area (TPSA) is 36.7 Å². The molecule has 0 saturated carbocycles. The number of thiocarbonyl (C=S) groups is 1. The molecular formula is C20H19ClN2O2S2. The van der Waals surface area contributed by atoms with Gasteiger partial charge in [-0.15, -0.1) is 0 Å². The predicted octanol–water partition coefficient (Wildman–Crippen LogP) is 5.32. The van der Waals surface area contributed by atoms with E-state index in [9.17, 15) is 4.79 Å². The van der Waals surface area contributed by atoms with Gasteiger partial charge < -0.3 is 9.32 Å². The average Bonchev–Trinajstić information content (AvgIpc) is 3.25. The van der Waals surface area contributed by atoms with Crippen molar-refractivity contribution >= 4 is 57.8 Å². The van der Waals surface area contributed by atoms with Crippen molar-refractivity contribution in [1.82, 2.24) is 4.90 Å². The number of hydrogen-bond donors (Lipinski definition) is 0. The first-order chi connectivity index (χ1) is 13.1. The number of hydrogen-bond acceptors (Lipinski definition) is 5. The second-order valence-electron chi connectivity index (χ2n) is 6.58. The Balaban J connectivity index is 1.50. The molecule has 2 aliphatic heterocycles. The van der Waals surface area contributed by atoms with E-state index in [1.165, 1.54) is 31.0 Å². The van der Waals surface area contributed by atoms with E-state index in [-0.39, 0.29) is 5.91 Å². The van der Waals surface area contributed by atoms with Crippen LogP contribution in [0.15, 0.2) is 45.7 Å². The van der Waals surface area contributed by atoms with Crippen molar-refractivity contribution in [2.45, 2.75) is 25.8 Å². The van der Waals surface area contributed by atoms with Crippen LogP contribution in [0.4, 0.5) is 5.88 Å². The second-order valence-corrected chi connectivity index (χ2v) is 8.67. The van der Waals surface area contributed by atoms with Crippen LogP contribution in [0.5, 0.6) is 0 Å². The van der Waals surface area contributed by atoms with Crippen molar-refractivity contribution in [1.29, 1.82) is 0 Å². The Bertz CT molecular complexity index is 903. The van der Waals surface area contributed by atoms with Crippen LogP contribution in [0, 0.1) is 0 Å². The van der Waals surface area contributed by atoms with Crippen LogP contribution < -0.4 is 4.90 Å². The summed E-state index contributed by atoms with van der Waals surface area (Å²) in [7, 11) is 0. The van der Waals surface area contributed by atoms with E-state index >= 15 is 0 Å². The SMILES string of the molecule is O=C1/C(=C/c2ccc(N3CCCCC3)o2)SC(=S)N1Cc1ccccc1Cl. The monoisotopic (exact) mass is 418 g/mol. The summed E-state index contributed by atoms with van der Waals surface area (Å²) in [6.07, 6.45) is 5.44. The van der Waals surface area contributed by atoms with Crippen LogP contribution in [-0.4, -0.2) is 28.2 Å². The fourth-order valence-electron chi connectivity index (χ4n) is 3.27. The molecule has 27 heavy (non-hydrogen) atoms. The quantitative estimate of drug-likeness (QED) is 0.495. The molecular weight excluding hydrogens is 400 g/mol. The number of benzene rings is 1. The number of piperidine rings is 1. The summed E-state index contributed by atoms with van der Waals surface area (Å²) in [4.78, 5) is 17.2. The Morgan fingerprint density at radius 1 is 1.15 bits per heavy atom. The zero-order valence-corrected chi connectivity index (χ0v) is 17.1. The second kappa shape index (κ2) is 8.09. The number of thioether (sulfide) groups is 1. The predicted molar refractivity (Wildman–Crippen MR) is 115 cm³/mol. The third-order valence-corrected chi connectivity index (χ3v) is 6.46. The molecule has 140 valence electrons. The van der Waals surface area contributed by atoms with Crippen molar-refractivity contribution in [3.8, 4) is 0 Å². The lowest BCUT2D eigenvalue weighted by Gasteiger charge is -2.25. The number of nitrogens with zero attached hydrogens (tertiary/aromatic N) is 2. The highest BCUT2D eigenvalue weighted by Crippen LogP contribution is 2.35. The van der Waals surface area contributed by atoms with Gasteiger partial charge in [-0.05, 0) is 37.0 Å². The molecule has 0 N–H and O–H groups in total. The molecule has 4 nitrogen and oxygen atoms in total. The zero-order chi connectivity index (χ0) is 18.8. The van der Waals surface area contributed by atoms with Gasteiger partial charge in [0, 0.05) is 30.3 Å². The minimum Gasteiger partial charge on any atom is -0.441 e. The van der Waals surface area contributed by atoms with Crippen LogP contribution >= 0.6 is 35.6 Å². The van der Waals surface area contributed by atoms with Crippen LogP contribution in [0.1, 0.15) is 30.6 Å². The van der Waals surface area contributed by atoms with Crippen LogP contribution in [0.25, 0.3) is 6.08 Å². The molecule has 2 aromatic rings. The molecule has 2 saturated heterocycles. The van der Waals surface area contributed by atoms with Gasteiger partial charge in [-0.1, -0.05) is 53.8 Å². The van der Waals surface area contributed by atoms with Crippen molar-refractivity contribution in [2.75, 3.05) is 18.0 Å². The third-order valence-electron chi connectivity index (χ3n) is 4.71. The molecule has 0 radical (unpaired) electrons. The van der Waals surface area contributed by atoms with E-state index in [0.717, 1.165) is 24.5 Å². The van der Waals surface area contributed by atoms with Crippen LogP contribution in [0.2, 0.25) is 5.02 Å². The summed E-state index contributed by atoms with van der Waals surface area (Å²) in [5, 5.41) is 0.632. The number of anilines is 1. The molecule has 0 spiro atoms. The van der Waals surface area contributed by atoms with Gasteiger partial charge in [0.15, 0.2) is 5.88 Å². The van der Waals surface area contributed by atoms with E-state index in [1.54, 1.807) is 11.0 Å². The molecule has 1 amide bonds. The first-order valence-corrected chi connectivity index (χ1v) is 10.6. The minimum atomic E-state index is -0.110. The fourth-order valence-corrected chi connectivity index (χ4v) is 4.70. The molecule has 2 fully saturated rings. The van der Waals surface area contributed by atoms with Gasteiger partial charge in [0.25, 0.3) is 5.91 Å². The van der Waals surface area contributed by atoms with Crippen molar-refractivity contribution < 1.29 is 9.21 Å². The lowest BCUT2D eigenvalue weighted by Crippen LogP contribution is -2.28. The van der Waals surface area contributed by atoms with E-state index < -0.39 is 0 Å². The normalized spacial score (nSPS) is 19.4. The summed E-state index contributed by atoms with van der Waals surface area (Å²) in [6, 6.07) is 11.4. The molecule has 1 aromatic carbocycles. The van der Waals surface area contributed by atoms with E-state index in [2.05, 4.69) is 4.90 Å². The number of amides is 1. The standard InChI is InChI=1S/C20H19ClN2O2S2/c21-16-7-3-2-6-14(16)13-23-19(24)17(27-20(23)26)12-15-8-9-18(25-15)22-10-4-1-5-11-22/h2-3,6-9,12H,1,4-5,10-11,13H2/b17-12-. The maximum atomic E-state index is 12.8. The largest absolute Gasteiger partial charge is 0.441 e. The van der Waals surface area contributed by atoms with Gasteiger partial charge >= 0.3 is 0 Å². The molecule has 0 bridgehead atoms. The highest BCUT2D eigenvalue weighted by atomic mass is 35.5. The lowest BCUT2D eigenvalue weighted by atomic mass is 10.1. The van der Waals surface area contributed by atoms with Gasteiger partial charge in [0.05, 0.1) is 11.4 Å². The summed E-state index contributed by atoms with van der Waals surface area (Å²) in [5.41, 5.74) is 0.877. The van der Waals surface area contributed by atoms with E-state index in [0.29, 0.717) is 26.6 Å². The molecule has 0 atom stereocenters. The maximum absolute atomic E-state index is 12.8. The van der Waals surface area contributed by atoms with Crippen molar-refractivity contribution in [2.24, 2.45) is 0 Å². The highest BCUT2D eigenvalue weighted by Gasteiger charge is 2.32. The molecule has 0 aliphatic carbocycles. The Morgan fingerprint density at radius 2 is 1.93 bits per heavy atom. The molecule has 7 heteroatoms. The summed E-state index contributed by atoms with van der Waals surface area (Å²) < 4.78 is 6.48. The summed E-state index contributed by atoms with van der Waals surface area (Å²) in [5.74, 6) is 1.43. The van der Waals surface area contributed by atoms with Crippen LogP contribution in [-0.2, 0) is 11.3 Å². The molecule has 0 unspecified atom stereocenters. The molecule has 4 rings (SSSR count). The molecule has 3 heterocycles. The number of rotatable bonds is 4. The van der Waals surface area contributed by atoms with Gasteiger partial charge in [-0.3, -0.25) is 9.69 Å². The average molecular weight is 419 g/mol. The Hall–Kier alpha value is -1.76. The maximum Gasteiger partial charge on any atom is 0.266 e. The Labute approximate surface area is 173 Å². The number of halogens is 1. The Kier molecular flexibility index (Phi) is 5.57. The Morgan fingerprint density at radius 3 is 2.70 bits per heavy atom. The first kappa shape index (κ1) is 18.6. The van der Waals surface area contributed by atoms with Gasteiger partial charge in [-0.25, -0.2) is 0 Å². The van der Waals surface area contributed by atoms with Gasteiger partial charge in [0.1, 0.15) is 10.1 Å². The zero-order valence-electron chi connectivity index (χ0n) is 14.7. The van der Waals surface area contributed by atoms with Crippen LogP contribution in [0.3, 0.4) is 0 Å². The van der Waals surface area contributed by atoms with Crippen molar-refractivity contribution in [3.05, 3.63) is 57.6 Å². The molecule has 2 aliphatic rings. The highest BCUT2D eigenvalue weighted by molar-refractivity contribution is 8.26. The minimum absolute atomic E-state index is 0.110. The van der Waals surface area contributed by atoms with Crippen molar-refractivity contribution in [3.63, 3.8) is 0 Å². The summed E-state index contributed by atoms with van der Waals surface area (Å²) in [6.45, 7) is 2.42. The number of furan rings is 1. The lowest BCUT2D eigenvalue weighted by molar-refractivity contribution is -0.122. The smallest absolute Gasteiger partial charge is 0.266 e. The van der Waals surface area contributed by atoms with E-state index in [4.69, 9.17) is 28.2 Å². The summed E-state index contributed by atoms with van der Waals surface area (Å²) >= 11 is 12.9. The molecule has 1 aromatic heterocycles.